The molecule has 16 heavy (non-hydrogen) atoms. The molecule has 4 nitrogen and oxygen atoms in total. The highest BCUT2D eigenvalue weighted by Gasteiger charge is 2.05. The largest absolute Gasteiger partial charge is 0.508 e. The van der Waals surface area contributed by atoms with Gasteiger partial charge >= 0.3 is 0 Å². The summed E-state index contributed by atoms with van der Waals surface area (Å²) in [6, 6.07) is 10.1. The number of benzene rings is 2. The van der Waals surface area contributed by atoms with Gasteiger partial charge in [0.25, 0.3) is 0 Å². The van der Waals surface area contributed by atoms with Crippen molar-refractivity contribution in [2.24, 2.45) is 0 Å². The third-order valence-electron chi connectivity index (χ3n) is 1.99. The second-order valence-corrected chi connectivity index (χ2v) is 3.25. The lowest BCUT2D eigenvalue weighted by Crippen LogP contribution is -1.84. The summed E-state index contributed by atoms with van der Waals surface area (Å²) >= 11 is 0. The van der Waals surface area contributed by atoms with E-state index < -0.39 is 0 Å². The molecule has 0 heterocycles. The molecule has 2 aromatic carbocycles. The average molecular weight is 218 g/mol. The molecule has 0 aromatic heterocycles. The first-order valence-corrected chi connectivity index (χ1v) is 4.64. The Bertz CT molecular complexity index is 508. The van der Waals surface area contributed by atoms with Gasteiger partial charge in [0.15, 0.2) is 11.5 Å². The van der Waals surface area contributed by atoms with Gasteiger partial charge in [-0.2, -0.15) is 0 Å². The van der Waals surface area contributed by atoms with Gasteiger partial charge in [-0.3, -0.25) is 0 Å². The summed E-state index contributed by atoms with van der Waals surface area (Å²) in [7, 11) is 0. The minimum absolute atomic E-state index is 0.00652. The first-order chi connectivity index (χ1) is 7.65. The van der Waals surface area contributed by atoms with Crippen LogP contribution in [0.1, 0.15) is 0 Å². The number of hydrogen-bond acceptors (Lipinski definition) is 4. The molecule has 4 heteroatoms. The second kappa shape index (κ2) is 4.02. The SMILES string of the molecule is Oc1cccc(Oc2cc(O)ccc2O)c1. The summed E-state index contributed by atoms with van der Waals surface area (Å²) in [5.41, 5.74) is 0. The first kappa shape index (κ1) is 10.2. The number of aromatic hydroxyl groups is 3. The molecule has 0 bridgehead atoms. The van der Waals surface area contributed by atoms with Gasteiger partial charge < -0.3 is 20.1 Å². The maximum absolute atomic E-state index is 9.47. The van der Waals surface area contributed by atoms with Crippen molar-refractivity contribution in [2.75, 3.05) is 0 Å². The van der Waals surface area contributed by atoms with Gasteiger partial charge in [0, 0.05) is 12.1 Å². The predicted octanol–water partition coefficient (Wildman–Crippen LogP) is 2.60. The van der Waals surface area contributed by atoms with E-state index in [-0.39, 0.29) is 23.0 Å². The van der Waals surface area contributed by atoms with Crippen LogP contribution in [0.25, 0.3) is 0 Å². The van der Waals surface area contributed by atoms with Crippen molar-refractivity contribution < 1.29 is 20.1 Å². The fourth-order valence-corrected chi connectivity index (χ4v) is 1.26. The normalized spacial score (nSPS) is 10.0. The van der Waals surface area contributed by atoms with Gasteiger partial charge in [-0.1, -0.05) is 6.07 Å². The van der Waals surface area contributed by atoms with Gasteiger partial charge in [0.1, 0.15) is 17.2 Å². The van der Waals surface area contributed by atoms with E-state index in [1.807, 2.05) is 0 Å². The highest BCUT2D eigenvalue weighted by atomic mass is 16.5. The molecule has 0 saturated carbocycles. The van der Waals surface area contributed by atoms with E-state index in [9.17, 15) is 15.3 Å². The Morgan fingerprint density at radius 3 is 2.31 bits per heavy atom. The molecule has 0 aliphatic heterocycles. The van der Waals surface area contributed by atoms with Crippen molar-refractivity contribution >= 4 is 0 Å². The van der Waals surface area contributed by atoms with E-state index in [1.165, 1.54) is 30.3 Å². The summed E-state index contributed by atoms with van der Waals surface area (Å²) in [5.74, 6) is 0.484. The maximum Gasteiger partial charge on any atom is 0.172 e. The Hall–Kier alpha value is -2.36. The number of phenols is 3. The molecule has 0 aliphatic rings. The van der Waals surface area contributed by atoms with Gasteiger partial charge in [0.05, 0.1) is 0 Å². The van der Waals surface area contributed by atoms with E-state index >= 15 is 0 Å². The first-order valence-electron chi connectivity index (χ1n) is 4.64. The number of phenolic OH excluding ortho intramolecular Hbond substituents is 3. The molecular weight excluding hydrogens is 208 g/mol. The van der Waals surface area contributed by atoms with Crippen molar-refractivity contribution in [2.45, 2.75) is 0 Å². The van der Waals surface area contributed by atoms with Crippen LogP contribution in [0, 0.1) is 0 Å². The molecule has 0 radical (unpaired) electrons. The van der Waals surface area contributed by atoms with Crippen LogP contribution in [0.15, 0.2) is 42.5 Å². The third kappa shape index (κ3) is 2.17. The quantitative estimate of drug-likeness (QED) is 0.677. The molecule has 0 amide bonds. The van der Waals surface area contributed by atoms with Crippen LogP contribution >= 0.6 is 0 Å². The summed E-state index contributed by atoms with van der Waals surface area (Å²) in [6.07, 6.45) is 0. The second-order valence-electron chi connectivity index (χ2n) is 3.25. The molecule has 0 unspecified atom stereocenters. The van der Waals surface area contributed by atoms with E-state index in [4.69, 9.17) is 4.74 Å². The van der Waals surface area contributed by atoms with E-state index in [0.29, 0.717) is 5.75 Å². The highest BCUT2D eigenvalue weighted by Crippen LogP contribution is 2.34. The van der Waals surface area contributed by atoms with Gasteiger partial charge in [-0.25, -0.2) is 0 Å². The Balaban J connectivity index is 2.30. The summed E-state index contributed by atoms with van der Waals surface area (Å²) in [4.78, 5) is 0. The Labute approximate surface area is 92.0 Å². The monoisotopic (exact) mass is 218 g/mol. The highest BCUT2D eigenvalue weighted by molar-refractivity contribution is 5.46. The zero-order valence-corrected chi connectivity index (χ0v) is 8.29. The fourth-order valence-electron chi connectivity index (χ4n) is 1.26. The van der Waals surface area contributed by atoms with Crippen LogP contribution in [0.3, 0.4) is 0 Å². The molecule has 82 valence electrons. The minimum atomic E-state index is -0.0823. The molecule has 2 rings (SSSR count). The Morgan fingerprint density at radius 1 is 0.812 bits per heavy atom. The van der Waals surface area contributed by atoms with Crippen molar-refractivity contribution in [3.8, 4) is 28.7 Å². The zero-order valence-electron chi connectivity index (χ0n) is 8.29. The smallest absolute Gasteiger partial charge is 0.172 e. The van der Waals surface area contributed by atoms with Gasteiger partial charge in [0.2, 0.25) is 0 Å². The molecule has 0 saturated heterocycles. The molecular formula is C12H10O4. The molecule has 2 aromatic rings. The maximum atomic E-state index is 9.47. The molecule has 0 atom stereocenters. The van der Waals surface area contributed by atoms with Gasteiger partial charge in [-0.15, -0.1) is 0 Å². The van der Waals surface area contributed by atoms with Crippen molar-refractivity contribution in [1.82, 2.24) is 0 Å². The summed E-state index contributed by atoms with van der Waals surface area (Å²) in [5, 5.41) is 27.9. The molecule has 0 fully saturated rings. The minimum Gasteiger partial charge on any atom is -0.508 e. The number of rotatable bonds is 2. The van der Waals surface area contributed by atoms with Crippen LogP contribution in [0.5, 0.6) is 28.7 Å². The summed E-state index contributed by atoms with van der Waals surface area (Å²) in [6.45, 7) is 0. The fraction of sp³-hybridized carbons (Fsp3) is 0. The predicted molar refractivity (Wildman–Crippen MR) is 58.0 cm³/mol. The van der Waals surface area contributed by atoms with Crippen molar-refractivity contribution in [1.29, 1.82) is 0 Å². The topological polar surface area (TPSA) is 69.9 Å². The van der Waals surface area contributed by atoms with Crippen LogP contribution < -0.4 is 4.74 Å². The standard InChI is InChI=1S/C12H10O4/c13-8-2-1-3-10(6-8)16-12-7-9(14)4-5-11(12)15/h1-7,13-15H. The van der Waals surface area contributed by atoms with Crippen LogP contribution in [-0.4, -0.2) is 15.3 Å². The zero-order chi connectivity index (χ0) is 11.5. The lowest BCUT2D eigenvalue weighted by molar-refractivity contribution is 0.401. The van der Waals surface area contributed by atoms with Crippen molar-refractivity contribution in [3.05, 3.63) is 42.5 Å². The average Bonchev–Trinajstić information content (AvgIpc) is 2.24. The Morgan fingerprint density at radius 2 is 1.56 bits per heavy atom. The molecule has 0 spiro atoms. The number of hydrogen-bond donors (Lipinski definition) is 3. The summed E-state index contributed by atoms with van der Waals surface area (Å²) < 4.78 is 5.30. The molecule has 0 aliphatic carbocycles. The Kier molecular flexibility index (Phi) is 2.55. The van der Waals surface area contributed by atoms with Crippen molar-refractivity contribution in [3.63, 3.8) is 0 Å². The lowest BCUT2D eigenvalue weighted by atomic mass is 10.3. The van der Waals surface area contributed by atoms with Crippen LogP contribution in [0.4, 0.5) is 0 Å². The molecule has 3 N–H and O–H groups in total. The van der Waals surface area contributed by atoms with E-state index in [0.717, 1.165) is 0 Å². The van der Waals surface area contributed by atoms with Gasteiger partial charge in [-0.05, 0) is 24.3 Å². The van der Waals surface area contributed by atoms with E-state index in [1.54, 1.807) is 12.1 Å². The van der Waals surface area contributed by atoms with Crippen LogP contribution in [0.2, 0.25) is 0 Å². The van der Waals surface area contributed by atoms with Crippen LogP contribution in [-0.2, 0) is 0 Å². The lowest BCUT2D eigenvalue weighted by Gasteiger charge is -2.07. The number of ether oxygens (including phenoxy) is 1. The van der Waals surface area contributed by atoms with E-state index in [2.05, 4.69) is 0 Å². The third-order valence-corrected chi connectivity index (χ3v) is 1.99.